The maximum absolute atomic E-state index is 13.6. The highest BCUT2D eigenvalue weighted by Crippen LogP contribution is 2.23. The average Bonchev–Trinajstić information content (AvgIpc) is 2.87. The third-order valence-corrected chi connectivity index (χ3v) is 3.76. The van der Waals surface area contributed by atoms with Crippen molar-refractivity contribution in [3.63, 3.8) is 0 Å². The Labute approximate surface area is 111 Å². The van der Waals surface area contributed by atoms with Gasteiger partial charge in [0.1, 0.15) is 5.82 Å². The van der Waals surface area contributed by atoms with E-state index in [1.807, 2.05) is 24.6 Å². The Morgan fingerprint density at radius 1 is 1.33 bits per heavy atom. The maximum Gasteiger partial charge on any atom is 0.127 e. The fraction of sp³-hybridized carbons (Fsp3) is 0.286. The molecule has 0 bridgehead atoms. The van der Waals surface area contributed by atoms with Crippen LogP contribution in [0.5, 0.6) is 0 Å². The Morgan fingerprint density at radius 2 is 2.11 bits per heavy atom. The number of likely N-dealkylation sites (N-methyl/N-ethyl adjacent to an activating group) is 1. The van der Waals surface area contributed by atoms with Crippen molar-refractivity contribution in [2.24, 2.45) is 5.73 Å². The fourth-order valence-corrected chi connectivity index (χ4v) is 2.75. The van der Waals surface area contributed by atoms with Crippen LogP contribution in [0.15, 0.2) is 41.1 Å². The molecular formula is C14H17FN2S. The van der Waals surface area contributed by atoms with E-state index in [9.17, 15) is 4.39 Å². The molecule has 0 fully saturated rings. The van der Waals surface area contributed by atoms with Crippen molar-refractivity contribution in [1.29, 1.82) is 0 Å². The van der Waals surface area contributed by atoms with Crippen LogP contribution in [0, 0.1) is 5.82 Å². The normalized spacial score (nSPS) is 12.9. The minimum absolute atomic E-state index is 0.135. The summed E-state index contributed by atoms with van der Waals surface area (Å²) >= 11 is 1.65. The molecule has 1 aromatic heterocycles. The number of halogens is 1. The first kappa shape index (κ1) is 13.2. The first-order valence-electron chi connectivity index (χ1n) is 5.88. The lowest BCUT2D eigenvalue weighted by molar-refractivity contribution is 0.239. The summed E-state index contributed by atoms with van der Waals surface area (Å²) in [4.78, 5) is 2.08. The van der Waals surface area contributed by atoms with Crippen molar-refractivity contribution >= 4 is 11.3 Å². The van der Waals surface area contributed by atoms with Crippen molar-refractivity contribution in [1.82, 2.24) is 4.90 Å². The third-order valence-electron chi connectivity index (χ3n) is 3.06. The zero-order valence-electron chi connectivity index (χ0n) is 10.3. The SMILES string of the molecule is CN(Cc1ccccc1F)C(CN)c1ccsc1. The summed E-state index contributed by atoms with van der Waals surface area (Å²) in [6.45, 7) is 1.09. The van der Waals surface area contributed by atoms with Crippen molar-refractivity contribution in [3.05, 3.63) is 58.0 Å². The number of nitrogens with two attached hydrogens (primary N) is 1. The highest BCUT2D eigenvalue weighted by atomic mass is 32.1. The van der Waals surface area contributed by atoms with E-state index in [-0.39, 0.29) is 11.9 Å². The predicted octanol–water partition coefficient (Wildman–Crippen LogP) is 3.02. The van der Waals surface area contributed by atoms with E-state index < -0.39 is 0 Å². The molecule has 1 heterocycles. The van der Waals surface area contributed by atoms with Crippen molar-refractivity contribution in [3.8, 4) is 0 Å². The molecule has 0 saturated carbocycles. The molecule has 0 radical (unpaired) electrons. The van der Waals surface area contributed by atoms with Crippen LogP contribution in [-0.4, -0.2) is 18.5 Å². The summed E-state index contributed by atoms with van der Waals surface area (Å²) in [6.07, 6.45) is 0. The number of hydrogen-bond donors (Lipinski definition) is 1. The number of thiophene rings is 1. The maximum atomic E-state index is 13.6. The van der Waals surface area contributed by atoms with Crippen LogP contribution < -0.4 is 5.73 Å². The van der Waals surface area contributed by atoms with Gasteiger partial charge in [-0.3, -0.25) is 4.90 Å². The van der Waals surface area contributed by atoms with Crippen LogP contribution in [0.4, 0.5) is 4.39 Å². The predicted molar refractivity (Wildman–Crippen MR) is 74.0 cm³/mol. The number of benzene rings is 1. The van der Waals surface area contributed by atoms with Gasteiger partial charge >= 0.3 is 0 Å². The minimum Gasteiger partial charge on any atom is -0.329 e. The Kier molecular flexibility index (Phi) is 4.47. The number of hydrogen-bond acceptors (Lipinski definition) is 3. The summed E-state index contributed by atoms with van der Waals surface area (Å²) < 4.78 is 13.6. The first-order valence-corrected chi connectivity index (χ1v) is 6.82. The quantitative estimate of drug-likeness (QED) is 0.899. The van der Waals surface area contributed by atoms with E-state index in [0.29, 0.717) is 18.7 Å². The molecule has 1 unspecified atom stereocenters. The van der Waals surface area contributed by atoms with Gasteiger partial charge in [0, 0.05) is 24.7 Å². The molecule has 0 aliphatic carbocycles. The van der Waals surface area contributed by atoms with Gasteiger partial charge in [0.05, 0.1) is 0 Å². The molecule has 2 nitrogen and oxygen atoms in total. The van der Waals surface area contributed by atoms with Gasteiger partial charge < -0.3 is 5.73 Å². The molecule has 0 aliphatic heterocycles. The van der Waals surface area contributed by atoms with Gasteiger partial charge in [0.15, 0.2) is 0 Å². The van der Waals surface area contributed by atoms with Crippen LogP contribution in [0.25, 0.3) is 0 Å². The molecular weight excluding hydrogens is 247 g/mol. The number of nitrogens with zero attached hydrogens (tertiary/aromatic N) is 1. The van der Waals surface area contributed by atoms with E-state index in [4.69, 9.17) is 5.73 Å². The Morgan fingerprint density at radius 3 is 2.72 bits per heavy atom. The van der Waals surface area contributed by atoms with Crippen LogP contribution in [-0.2, 0) is 6.54 Å². The van der Waals surface area contributed by atoms with Crippen LogP contribution in [0.2, 0.25) is 0 Å². The van der Waals surface area contributed by atoms with Crippen LogP contribution in [0.3, 0.4) is 0 Å². The van der Waals surface area contributed by atoms with Crippen molar-refractivity contribution in [2.45, 2.75) is 12.6 Å². The van der Waals surface area contributed by atoms with Gasteiger partial charge in [-0.25, -0.2) is 4.39 Å². The lowest BCUT2D eigenvalue weighted by Gasteiger charge is -2.26. The fourth-order valence-electron chi connectivity index (χ4n) is 2.04. The largest absolute Gasteiger partial charge is 0.329 e. The average molecular weight is 264 g/mol. The van der Waals surface area contributed by atoms with Crippen LogP contribution >= 0.6 is 11.3 Å². The molecule has 18 heavy (non-hydrogen) atoms. The van der Waals surface area contributed by atoms with Gasteiger partial charge in [-0.1, -0.05) is 18.2 Å². The van der Waals surface area contributed by atoms with Gasteiger partial charge in [-0.05, 0) is 35.5 Å². The molecule has 2 N–H and O–H groups in total. The molecule has 96 valence electrons. The van der Waals surface area contributed by atoms with Crippen molar-refractivity contribution in [2.75, 3.05) is 13.6 Å². The Hall–Kier alpha value is -1.23. The summed E-state index contributed by atoms with van der Waals surface area (Å²) in [5, 5.41) is 4.13. The lowest BCUT2D eigenvalue weighted by Crippen LogP contribution is -2.30. The van der Waals surface area contributed by atoms with Crippen LogP contribution in [0.1, 0.15) is 17.2 Å². The monoisotopic (exact) mass is 264 g/mol. The molecule has 1 aromatic carbocycles. The second kappa shape index (κ2) is 6.09. The molecule has 2 aromatic rings. The first-order chi connectivity index (χ1) is 8.72. The lowest BCUT2D eigenvalue weighted by atomic mass is 10.1. The second-order valence-electron chi connectivity index (χ2n) is 4.31. The number of rotatable bonds is 5. The van der Waals surface area contributed by atoms with E-state index in [0.717, 1.165) is 0 Å². The molecule has 1 atom stereocenters. The van der Waals surface area contributed by atoms with Gasteiger partial charge in [0.25, 0.3) is 0 Å². The van der Waals surface area contributed by atoms with E-state index >= 15 is 0 Å². The molecule has 0 saturated heterocycles. The Balaban J connectivity index is 2.11. The Bertz CT molecular complexity index is 484. The summed E-state index contributed by atoms with van der Waals surface area (Å²) in [6, 6.07) is 9.07. The second-order valence-corrected chi connectivity index (χ2v) is 5.09. The molecule has 0 spiro atoms. The summed E-state index contributed by atoms with van der Waals surface area (Å²) in [5.74, 6) is -0.162. The zero-order valence-corrected chi connectivity index (χ0v) is 11.2. The van der Waals surface area contributed by atoms with Gasteiger partial charge in [-0.15, -0.1) is 0 Å². The minimum atomic E-state index is -0.162. The summed E-state index contributed by atoms with van der Waals surface area (Å²) in [7, 11) is 1.97. The van der Waals surface area contributed by atoms with E-state index in [2.05, 4.69) is 16.3 Å². The highest BCUT2D eigenvalue weighted by Gasteiger charge is 2.17. The molecule has 0 aliphatic rings. The molecule has 4 heteroatoms. The summed E-state index contributed by atoms with van der Waals surface area (Å²) in [5.41, 5.74) is 7.72. The smallest absolute Gasteiger partial charge is 0.127 e. The van der Waals surface area contributed by atoms with Gasteiger partial charge in [-0.2, -0.15) is 11.3 Å². The highest BCUT2D eigenvalue weighted by molar-refractivity contribution is 7.07. The van der Waals surface area contributed by atoms with Gasteiger partial charge in [0.2, 0.25) is 0 Å². The standard InChI is InChI=1S/C14H17FN2S/c1-17(9-11-4-2-3-5-13(11)15)14(8-16)12-6-7-18-10-12/h2-7,10,14H,8-9,16H2,1H3. The molecule has 0 amide bonds. The third kappa shape index (κ3) is 2.96. The zero-order chi connectivity index (χ0) is 13.0. The van der Waals surface area contributed by atoms with E-state index in [1.165, 1.54) is 11.6 Å². The molecule has 2 rings (SSSR count). The van der Waals surface area contributed by atoms with E-state index in [1.54, 1.807) is 17.4 Å². The van der Waals surface area contributed by atoms with Crippen molar-refractivity contribution < 1.29 is 4.39 Å². The topological polar surface area (TPSA) is 29.3 Å².